The Morgan fingerprint density at radius 3 is 2.00 bits per heavy atom. The van der Waals surface area contributed by atoms with Crippen LogP contribution in [-0.2, 0) is 5.54 Å². The van der Waals surface area contributed by atoms with Crippen molar-refractivity contribution in [2.45, 2.75) is 31.2 Å². The molecule has 0 aliphatic heterocycles. The Morgan fingerprint density at radius 2 is 1.50 bits per heavy atom. The van der Waals surface area contributed by atoms with Crippen molar-refractivity contribution < 1.29 is 0 Å². The fourth-order valence-electron chi connectivity index (χ4n) is 2.14. The molecule has 1 nitrogen and oxygen atoms in total. The van der Waals surface area contributed by atoms with Gasteiger partial charge in [-0.25, -0.2) is 0 Å². The van der Waals surface area contributed by atoms with Gasteiger partial charge >= 0.3 is 0 Å². The predicted octanol–water partition coefficient (Wildman–Crippen LogP) is 3.72. The third-order valence-corrected chi connectivity index (χ3v) is 3.37. The standard InChI is InChI=1S/C11H13Cl2N/c12-9-5-8(6-10(13)7-9)11(14)3-1-2-4-11/h5-7H,1-4,14H2. The minimum absolute atomic E-state index is 0.200. The molecule has 3 heteroatoms. The van der Waals surface area contributed by atoms with Crippen molar-refractivity contribution in [2.24, 2.45) is 5.73 Å². The molecule has 0 amide bonds. The summed E-state index contributed by atoms with van der Waals surface area (Å²) >= 11 is 11.9. The zero-order chi connectivity index (χ0) is 10.2. The fraction of sp³-hybridized carbons (Fsp3) is 0.455. The van der Waals surface area contributed by atoms with Gasteiger partial charge in [-0.1, -0.05) is 36.0 Å². The van der Waals surface area contributed by atoms with Gasteiger partial charge in [0.25, 0.3) is 0 Å². The second kappa shape index (κ2) is 3.73. The lowest BCUT2D eigenvalue weighted by atomic mass is 9.89. The van der Waals surface area contributed by atoms with E-state index in [2.05, 4.69) is 0 Å². The molecule has 14 heavy (non-hydrogen) atoms. The van der Waals surface area contributed by atoms with E-state index in [1.54, 1.807) is 6.07 Å². The van der Waals surface area contributed by atoms with E-state index < -0.39 is 0 Å². The molecule has 1 fully saturated rings. The molecule has 0 radical (unpaired) electrons. The molecule has 0 unspecified atom stereocenters. The molecule has 0 bridgehead atoms. The van der Waals surface area contributed by atoms with Gasteiger partial charge in [0.1, 0.15) is 0 Å². The molecule has 1 aliphatic rings. The van der Waals surface area contributed by atoms with E-state index in [-0.39, 0.29) is 5.54 Å². The molecule has 0 saturated heterocycles. The van der Waals surface area contributed by atoms with Crippen molar-refractivity contribution in [3.63, 3.8) is 0 Å². The highest BCUT2D eigenvalue weighted by atomic mass is 35.5. The second-order valence-electron chi connectivity index (χ2n) is 4.02. The summed E-state index contributed by atoms with van der Waals surface area (Å²) in [5.41, 5.74) is 7.18. The van der Waals surface area contributed by atoms with Gasteiger partial charge in [0.15, 0.2) is 0 Å². The second-order valence-corrected chi connectivity index (χ2v) is 4.89. The first-order chi connectivity index (χ1) is 6.60. The maximum Gasteiger partial charge on any atom is 0.0424 e. The average Bonchev–Trinajstić information content (AvgIpc) is 2.52. The highest BCUT2D eigenvalue weighted by Gasteiger charge is 2.31. The van der Waals surface area contributed by atoms with Gasteiger partial charge in [-0.15, -0.1) is 0 Å². The van der Waals surface area contributed by atoms with E-state index in [9.17, 15) is 0 Å². The van der Waals surface area contributed by atoms with Crippen molar-refractivity contribution in [3.05, 3.63) is 33.8 Å². The molecule has 1 aliphatic carbocycles. The Morgan fingerprint density at radius 1 is 1.00 bits per heavy atom. The lowest BCUT2D eigenvalue weighted by molar-refractivity contribution is 0.462. The molecule has 1 saturated carbocycles. The van der Waals surface area contributed by atoms with Gasteiger partial charge in [-0.2, -0.15) is 0 Å². The third-order valence-electron chi connectivity index (χ3n) is 2.93. The summed E-state index contributed by atoms with van der Waals surface area (Å²) in [6.07, 6.45) is 4.45. The van der Waals surface area contributed by atoms with Crippen LogP contribution in [0, 0.1) is 0 Å². The summed E-state index contributed by atoms with van der Waals surface area (Å²) in [5, 5.41) is 1.34. The minimum atomic E-state index is -0.200. The van der Waals surface area contributed by atoms with Crippen LogP contribution in [0.5, 0.6) is 0 Å². The smallest absolute Gasteiger partial charge is 0.0424 e. The predicted molar refractivity (Wildman–Crippen MR) is 60.8 cm³/mol. The quantitative estimate of drug-likeness (QED) is 0.781. The van der Waals surface area contributed by atoms with Crippen LogP contribution in [0.2, 0.25) is 10.0 Å². The lowest BCUT2D eigenvalue weighted by Gasteiger charge is -2.24. The largest absolute Gasteiger partial charge is 0.321 e. The molecule has 1 aromatic carbocycles. The van der Waals surface area contributed by atoms with E-state index in [4.69, 9.17) is 28.9 Å². The highest BCUT2D eigenvalue weighted by molar-refractivity contribution is 6.34. The summed E-state index contributed by atoms with van der Waals surface area (Å²) in [4.78, 5) is 0. The molecule has 2 N–H and O–H groups in total. The van der Waals surface area contributed by atoms with Crippen LogP contribution < -0.4 is 5.73 Å². The number of hydrogen-bond donors (Lipinski definition) is 1. The van der Waals surface area contributed by atoms with Crippen LogP contribution in [0.3, 0.4) is 0 Å². The molecule has 0 heterocycles. The molecule has 0 aromatic heterocycles. The molecule has 2 rings (SSSR count). The summed E-state index contributed by atoms with van der Waals surface area (Å²) < 4.78 is 0. The molecule has 76 valence electrons. The SMILES string of the molecule is NC1(c2cc(Cl)cc(Cl)c2)CCCC1. The van der Waals surface area contributed by atoms with Crippen molar-refractivity contribution in [2.75, 3.05) is 0 Å². The molecule has 0 atom stereocenters. The van der Waals surface area contributed by atoms with Gasteiger partial charge in [0.2, 0.25) is 0 Å². The van der Waals surface area contributed by atoms with Crippen LogP contribution in [0.25, 0.3) is 0 Å². The number of halogens is 2. The van der Waals surface area contributed by atoms with Gasteiger partial charge in [-0.05, 0) is 36.6 Å². The summed E-state index contributed by atoms with van der Waals surface area (Å²) in [6.45, 7) is 0. The maximum absolute atomic E-state index is 6.30. The van der Waals surface area contributed by atoms with E-state index in [0.29, 0.717) is 10.0 Å². The summed E-state index contributed by atoms with van der Waals surface area (Å²) in [7, 11) is 0. The van der Waals surface area contributed by atoms with Crippen LogP contribution in [-0.4, -0.2) is 0 Å². The molecular formula is C11H13Cl2N. The van der Waals surface area contributed by atoms with Crippen molar-refractivity contribution in [3.8, 4) is 0 Å². The average molecular weight is 230 g/mol. The lowest BCUT2D eigenvalue weighted by Crippen LogP contribution is -2.32. The highest BCUT2D eigenvalue weighted by Crippen LogP contribution is 2.38. The molecular weight excluding hydrogens is 217 g/mol. The number of nitrogens with two attached hydrogens (primary N) is 1. The first-order valence-corrected chi connectivity index (χ1v) is 5.61. The topological polar surface area (TPSA) is 26.0 Å². The molecule has 1 aromatic rings. The monoisotopic (exact) mass is 229 g/mol. The number of hydrogen-bond acceptors (Lipinski definition) is 1. The zero-order valence-electron chi connectivity index (χ0n) is 7.89. The Hall–Kier alpha value is -0.240. The van der Waals surface area contributed by atoms with E-state index in [0.717, 1.165) is 18.4 Å². The van der Waals surface area contributed by atoms with Crippen LogP contribution in [0.1, 0.15) is 31.2 Å². The van der Waals surface area contributed by atoms with Crippen LogP contribution in [0.15, 0.2) is 18.2 Å². The molecule has 0 spiro atoms. The third kappa shape index (κ3) is 1.90. The van der Waals surface area contributed by atoms with Crippen molar-refractivity contribution in [1.82, 2.24) is 0 Å². The van der Waals surface area contributed by atoms with E-state index >= 15 is 0 Å². The summed E-state index contributed by atoms with van der Waals surface area (Å²) in [6, 6.07) is 5.60. The Kier molecular flexibility index (Phi) is 2.74. The first kappa shape index (κ1) is 10.3. The van der Waals surface area contributed by atoms with Gasteiger partial charge in [0, 0.05) is 15.6 Å². The van der Waals surface area contributed by atoms with Gasteiger partial charge in [0.05, 0.1) is 0 Å². The fourth-order valence-corrected chi connectivity index (χ4v) is 2.66. The number of rotatable bonds is 1. The summed E-state index contributed by atoms with van der Waals surface area (Å²) in [5.74, 6) is 0. The van der Waals surface area contributed by atoms with Crippen LogP contribution >= 0.6 is 23.2 Å². The zero-order valence-corrected chi connectivity index (χ0v) is 9.41. The minimum Gasteiger partial charge on any atom is -0.321 e. The Bertz CT molecular complexity index is 323. The first-order valence-electron chi connectivity index (χ1n) is 4.86. The van der Waals surface area contributed by atoms with Gasteiger partial charge in [-0.3, -0.25) is 0 Å². The van der Waals surface area contributed by atoms with Gasteiger partial charge < -0.3 is 5.73 Å². The Labute approximate surface area is 94.2 Å². The van der Waals surface area contributed by atoms with E-state index in [1.807, 2.05) is 12.1 Å². The maximum atomic E-state index is 6.30. The normalized spacial score (nSPS) is 19.9. The van der Waals surface area contributed by atoms with Crippen molar-refractivity contribution in [1.29, 1.82) is 0 Å². The number of benzene rings is 1. The van der Waals surface area contributed by atoms with Crippen LogP contribution in [0.4, 0.5) is 0 Å². The Balaban J connectivity index is 2.40. The van der Waals surface area contributed by atoms with Crippen molar-refractivity contribution >= 4 is 23.2 Å². The van der Waals surface area contributed by atoms with E-state index in [1.165, 1.54) is 12.8 Å².